The van der Waals surface area contributed by atoms with Gasteiger partial charge in [-0.3, -0.25) is 0 Å². The second-order valence-corrected chi connectivity index (χ2v) is 3.60. The van der Waals surface area contributed by atoms with E-state index < -0.39 is 5.97 Å². The highest BCUT2D eigenvalue weighted by molar-refractivity contribution is 9.10. The molecule has 0 saturated heterocycles. The molecule has 0 aliphatic heterocycles. The van der Waals surface area contributed by atoms with Gasteiger partial charge in [0.1, 0.15) is 0 Å². The Labute approximate surface area is 85.0 Å². The Bertz CT molecular complexity index is 338. The van der Waals surface area contributed by atoms with Crippen molar-refractivity contribution in [1.29, 1.82) is 0 Å². The van der Waals surface area contributed by atoms with Crippen molar-refractivity contribution in [1.82, 2.24) is 0 Å². The van der Waals surface area contributed by atoms with E-state index in [1.54, 1.807) is 13.0 Å². The fourth-order valence-electron chi connectivity index (χ4n) is 0.871. The summed E-state index contributed by atoms with van der Waals surface area (Å²) in [6.45, 7) is 1.57. The summed E-state index contributed by atoms with van der Waals surface area (Å²) in [5.74, 6) is -0.886. The van der Waals surface area contributed by atoms with Gasteiger partial charge in [0.2, 0.25) is 0 Å². The second-order valence-electron chi connectivity index (χ2n) is 2.68. The number of hydrogen-bond donors (Lipinski definition) is 1. The van der Waals surface area contributed by atoms with Crippen LogP contribution in [0.2, 0.25) is 0 Å². The summed E-state index contributed by atoms with van der Waals surface area (Å²) in [6, 6.07) is 7.47. The maximum absolute atomic E-state index is 10.5. The predicted octanol–water partition coefficient (Wildman–Crippen LogP) is 2.94. The quantitative estimate of drug-likeness (QED) is 0.808. The Morgan fingerprint density at radius 2 is 1.92 bits per heavy atom. The van der Waals surface area contributed by atoms with E-state index in [1.807, 2.05) is 24.3 Å². The molecule has 0 aliphatic rings. The Hall–Kier alpha value is -1.09. The van der Waals surface area contributed by atoms with Crippen molar-refractivity contribution < 1.29 is 9.90 Å². The Balaban J connectivity index is 2.92. The van der Waals surface area contributed by atoms with Gasteiger partial charge in [0, 0.05) is 10.0 Å². The minimum Gasteiger partial charge on any atom is -0.478 e. The maximum Gasteiger partial charge on any atom is 0.331 e. The zero-order valence-corrected chi connectivity index (χ0v) is 8.71. The van der Waals surface area contributed by atoms with Crippen molar-refractivity contribution in [2.75, 3.05) is 0 Å². The van der Waals surface area contributed by atoms with Gasteiger partial charge < -0.3 is 5.11 Å². The van der Waals surface area contributed by atoms with E-state index in [0.717, 1.165) is 10.0 Å². The van der Waals surface area contributed by atoms with Crippen LogP contribution >= 0.6 is 15.9 Å². The van der Waals surface area contributed by atoms with Crippen molar-refractivity contribution in [3.05, 3.63) is 39.9 Å². The van der Waals surface area contributed by atoms with Crippen molar-refractivity contribution in [2.24, 2.45) is 0 Å². The first-order valence-electron chi connectivity index (χ1n) is 3.77. The topological polar surface area (TPSA) is 37.3 Å². The normalized spacial score (nSPS) is 11.4. The average molecular weight is 241 g/mol. The van der Waals surface area contributed by atoms with Gasteiger partial charge in [0.15, 0.2) is 0 Å². The number of carboxylic acids is 1. The van der Waals surface area contributed by atoms with Crippen molar-refractivity contribution in [3.63, 3.8) is 0 Å². The van der Waals surface area contributed by atoms with E-state index in [1.165, 1.54) is 0 Å². The second kappa shape index (κ2) is 4.23. The number of aliphatic carboxylic acids is 1. The molecule has 0 heterocycles. The Morgan fingerprint density at radius 1 is 1.38 bits per heavy atom. The van der Waals surface area contributed by atoms with E-state index in [9.17, 15) is 4.79 Å². The van der Waals surface area contributed by atoms with E-state index in [2.05, 4.69) is 15.9 Å². The lowest BCUT2D eigenvalue weighted by atomic mass is 10.1. The number of benzene rings is 1. The standard InChI is InChI=1S/C10H9BrO2/c1-7(10(12)13)6-8-2-4-9(11)5-3-8/h2-6H,1H3,(H,12,13)/b7-6-. The summed E-state index contributed by atoms with van der Waals surface area (Å²) in [4.78, 5) is 10.5. The van der Waals surface area contributed by atoms with E-state index >= 15 is 0 Å². The molecule has 0 saturated carbocycles. The lowest BCUT2D eigenvalue weighted by Crippen LogP contribution is -1.95. The molecular weight excluding hydrogens is 232 g/mol. The van der Waals surface area contributed by atoms with E-state index in [-0.39, 0.29) is 0 Å². The predicted molar refractivity (Wildman–Crippen MR) is 55.4 cm³/mol. The molecule has 3 heteroatoms. The third-order valence-electron chi connectivity index (χ3n) is 1.59. The molecule has 0 amide bonds. The summed E-state index contributed by atoms with van der Waals surface area (Å²) >= 11 is 3.30. The van der Waals surface area contributed by atoms with Crippen LogP contribution in [0.5, 0.6) is 0 Å². The van der Waals surface area contributed by atoms with Gasteiger partial charge in [0.25, 0.3) is 0 Å². The summed E-state index contributed by atoms with van der Waals surface area (Å²) in [5.41, 5.74) is 1.23. The fraction of sp³-hybridized carbons (Fsp3) is 0.100. The molecular formula is C10H9BrO2. The maximum atomic E-state index is 10.5. The van der Waals surface area contributed by atoms with E-state index in [0.29, 0.717) is 5.57 Å². The molecule has 0 radical (unpaired) electrons. The van der Waals surface area contributed by atoms with Gasteiger partial charge in [-0.05, 0) is 30.7 Å². The monoisotopic (exact) mass is 240 g/mol. The molecule has 1 N–H and O–H groups in total. The third-order valence-corrected chi connectivity index (χ3v) is 2.12. The van der Waals surface area contributed by atoms with Crippen molar-refractivity contribution >= 4 is 28.0 Å². The van der Waals surface area contributed by atoms with Crippen LogP contribution < -0.4 is 0 Å². The van der Waals surface area contributed by atoms with Crippen LogP contribution in [0.1, 0.15) is 12.5 Å². The van der Waals surface area contributed by atoms with Gasteiger partial charge in [-0.2, -0.15) is 0 Å². The minimum atomic E-state index is -0.886. The molecule has 0 bridgehead atoms. The SMILES string of the molecule is C/C(=C/c1ccc(Br)cc1)C(=O)O. The molecule has 0 aromatic heterocycles. The fourth-order valence-corrected chi connectivity index (χ4v) is 1.14. The van der Waals surface area contributed by atoms with E-state index in [4.69, 9.17) is 5.11 Å². The summed E-state index contributed by atoms with van der Waals surface area (Å²) in [6.07, 6.45) is 1.63. The molecule has 0 unspecified atom stereocenters. The van der Waals surface area contributed by atoms with Crippen LogP contribution in [0, 0.1) is 0 Å². The summed E-state index contributed by atoms with van der Waals surface area (Å²) in [5, 5.41) is 8.62. The number of carboxylic acid groups (broad SMARTS) is 1. The van der Waals surface area contributed by atoms with Crippen LogP contribution in [-0.2, 0) is 4.79 Å². The molecule has 0 fully saturated rings. The summed E-state index contributed by atoms with van der Waals surface area (Å²) < 4.78 is 0.984. The molecule has 0 atom stereocenters. The van der Waals surface area contributed by atoms with Gasteiger partial charge in [-0.1, -0.05) is 28.1 Å². The Morgan fingerprint density at radius 3 is 2.38 bits per heavy atom. The summed E-state index contributed by atoms with van der Waals surface area (Å²) in [7, 11) is 0. The molecule has 1 aromatic rings. The molecule has 1 aromatic carbocycles. The van der Waals surface area contributed by atoms with Gasteiger partial charge in [-0.25, -0.2) is 4.79 Å². The molecule has 68 valence electrons. The van der Waals surface area contributed by atoms with Gasteiger partial charge >= 0.3 is 5.97 Å². The highest BCUT2D eigenvalue weighted by atomic mass is 79.9. The van der Waals surface area contributed by atoms with Crippen LogP contribution in [0.15, 0.2) is 34.3 Å². The zero-order chi connectivity index (χ0) is 9.84. The zero-order valence-electron chi connectivity index (χ0n) is 7.12. The smallest absolute Gasteiger partial charge is 0.331 e. The average Bonchev–Trinajstić information content (AvgIpc) is 2.08. The Kier molecular flexibility index (Phi) is 3.25. The third kappa shape index (κ3) is 3.03. The van der Waals surface area contributed by atoms with Crippen LogP contribution in [0.3, 0.4) is 0 Å². The number of hydrogen-bond acceptors (Lipinski definition) is 1. The first-order valence-corrected chi connectivity index (χ1v) is 4.56. The number of rotatable bonds is 2. The lowest BCUT2D eigenvalue weighted by molar-refractivity contribution is -0.132. The number of halogens is 1. The van der Waals surface area contributed by atoms with Gasteiger partial charge in [0.05, 0.1) is 0 Å². The molecule has 0 spiro atoms. The van der Waals surface area contributed by atoms with Crippen LogP contribution in [-0.4, -0.2) is 11.1 Å². The minimum absolute atomic E-state index is 0.335. The highest BCUT2D eigenvalue weighted by Gasteiger charge is 1.98. The molecule has 1 rings (SSSR count). The van der Waals surface area contributed by atoms with Crippen LogP contribution in [0.25, 0.3) is 6.08 Å². The highest BCUT2D eigenvalue weighted by Crippen LogP contribution is 2.12. The molecule has 2 nitrogen and oxygen atoms in total. The molecule has 0 aliphatic carbocycles. The van der Waals surface area contributed by atoms with Crippen molar-refractivity contribution in [3.8, 4) is 0 Å². The first-order chi connectivity index (χ1) is 6.09. The van der Waals surface area contributed by atoms with Gasteiger partial charge in [-0.15, -0.1) is 0 Å². The van der Waals surface area contributed by atoms with Crippen molar-refractivity contribution in [2.45, 2.75) is 6.92 Å². The van der Waals surface area contributed by atoms with Crippen LogP contribution in [0.4, 0.5) is 0 Å². The largest absolute Gasteiger partial charge is 0.478 e. The number of carbonyl (C=O) groups is 1. The molecule has 13 heavy (non-hydrogen) atoms. The lowest BCUT2D eigenvalue weighted by Gasteiger charge is -1.95. The first kappa shape index (κ1) is 9.99.